The molecule has 1 aromatic heterocycles. The van der Waals surface area contributed by atoms with Gasteiger partial charge < -0.3 is 15.2 Å². The number of aromatic nitrogens is 1. The topological polar surface area (TPSA) is 72.2 Å². The van der Waals surface area contributed by atoms with Gasteiger partial charge in [0.1, 0.15) is 11.4 Å². The summed E-state index contributed by atoms with van der Waals surface area (Å²) in [6.45, 7) is 5.58. The minimum absolute atomic E-state index is 0.0335. The first-order chi connectivity index (χ1) is 13.3. The molecule has 0 saturated carbocycles. The minimum Gasteiger partial charge on any atom is -0.506 e. The van der Waals surface area contributed by atoms with Crippen molar-refractivity contribution in [2.45, 2.75) is 25.7 Å². The van der Waals surface area contributed by atoms with Crippen LogP contribution in [0, 0.1) is 0 Å². The van der Waals surface area contributed by atoms with E-state index in [0.717, 1.165) is 63.9 Å². The van der Waals surface area contributed by atoms with Gasteiger partial charge in [0.2, 0.25) is 0 Å². The first kappa shape index (κ1) is 19.2. The van der Waals surface area contributed by atoms with E-state index in [1.165, 1.54) is 12.1 Å². The molecular weight excluding hydrogens is 340 g/mol. The Hall–Kier alpha value is -2.60. The van der Waals surface area contributed by atoms with Crippen LogP contribution in [0.5, 0.6) is 5.75 Å². The van der Waals surface area contributed by atoms with Crippen molar-refractivity contribution in [3.8, 4) is 5.75 Å². The summed E-state index contributed by atoms with van der Waals surface area (Å²) in [7, 11) is 0. The third-order valence-electron chi connectivity index (χ3n) is 5.04. The summed E-state index contributed by atoms with van der Waals surface area (Å²) in [5.74, 6) is 0.0335. The van der Waals surface area contributed by atoms with E-state index < -0.39 is 0 Å². The summed E-state index contributed by atoms with van der Waals surface area (Å²) in [6, 6.07) is 14.1. The van der Waals surface area contributed by atoms with Gasteiger partial charge >= 0.3 is 0 Å². The molecule has 1 aliphatic rings. The molecule has 0 spiro atoms. The Morgan fingerprint density at radius 1 is 0.963 bits per heavy atom. The van der Waals surface area contributed by atoms with Gasteiger partial charge in [-0.25, -0.2) is 4.98 Å². The Morgan fingerprint density at radius 3 is 2.48 bits per heavy atom. The molecule has 0 unspecified atom stereocenters. The van der Waals surface area contributed by atoms with Gasteiger partial charge in [0, 0.05) is 37.6 Å². The van der Waals surface area contributed by atoms with E-state index in [1.807, 2.05) is 6.07 Å². The zero-order valence-corrected chi connectivity index (χ0v) is 15.7. The van der Waals surface area contributed by atoms with Crippen molar-refractivity contribution >= 4 is 11.9 Å². The van der Waals surface area contributed by atoms with Crippen LogP contribution in [0.4, 0.5) is 5.69 Å². The third kappa shape index (κ3) is 5.69. The summed E-state index contributed by atoms with van der Waals surface area (Å²) in [5.41, 5.74) is 2.55. The van der Waals surface area contributed by atoms with E-state index >= 15 is 0 Å². The molecule has 1 fully saturated rings. The molecule has 1 saturated heterocycles. The maximum Gasteiger partial charge on any atom is 0.142 e. The second-order valence-electron chi connectivity index (χ2n) is 6.93. The van der Waals surface area contributed by atoms with Crippen LogP contribution in [-0.2, 0) is 6.42 Å². The molecule has 2 heterocycles. The monoisotopic (exact) mass is 368 g/mol. The summed E-state index contributed by atoms with van der Waals surface area (Å²) in [5, 5.41) is 21.2. The number of benzene rings is 1. The molecule has 0 atom stereocenters. The van der Waals surface area contributed by atoms with Gasteiger partial charge in [-0.1, -0.05) is 29.8 Å². The lowest BCUT2D eigenvalue weighted by Gasteiger charge is -2.36. The Balaban J connectivity index is 1.33. The predicted octanol–water partition coefficient (Wildman–Crippen LogP) is 3.13. The van der Waals surface area contributed by atoms with Crippen LogP contribution in [0.2, 0.25) is 0 Å². The number of pyridine rings is 1. The maximum atomic E-state index is 9.64. The van der Waals surface area contributed by atoms with Crippen molar-refractivity contribution in [1.29, 1.82) is 0 Å². The van der Waals surface area contributed by atoms with Gasteiger partial charge in [-0.3, -0.25) is 4.90 Å². The molecule has 2 aromatic rings. The molecule has 2 N–H and O–H groups in total. The number of oxime groups is 1. The number of rotatable bonds is 8. The molecule has 6 nitrogen and oxygen atoms in total. The lowest BCUT2D eigenvalue weighted by molar-refractivity contribution is 0.252. The number of unbranched alkanes of at least 4 members (excludes halogenated alkanes) is 2. The fourth-order valence-corrected chi connectivity index (χ4v) is 3.49. The molecule has 27 heavy (non-hydrogen) atoms. The van der Waals surface area contributed by atoms with Crippen molar-refractivity contribution in [3.05, 3.63) is 53.9 Å². The van der Waals surface area contributed by atoms with Gasteiger partial charge in [0.25, 0.3) is 0 Å². The summed E-state index contributed by atoms with van der Waals surface area (Å²) in [4.78, 5) is 9.32. The number of aromatic hydroxyl groups is 1. The highest BCUT2D eigenvalue weighted by atomic mass is 16.4. The highest BCUT2D eigenvalue weighted by Crippen LogP contribution is 2.17. The molecule has 0 amide bonds. The molecule has 0 aliphatic carbocycles. The normalized spacial score (nSPS) is 15.5. The standard InChI is InChI=1S/C21H28N4O2/c26-21-11-10-18(23-20(21)17-22-27)7-3-2-6-12-24-13-15-25(16-14-24)19-8-4-1-5-9-19/h1,4-5,8-11,17,26-27H,2-3,6-7,12-16H2. The first-order valence-electron chi connectivity index (χ1n) is 9.65. The molecule has 1 aromatic carbocycles. The van der Waals surface area contributed by atoms with Crippen molar-refractivity contribution in [3.63, 3.8) is 0 Å². The predicted molar refractivity (Wildman–Crippen MR) is 108 cm³/mol. The van der Waals surface area contributed by atoms with Gasteiger partial charge in [0.15, 0.2) is 0 Å². The molecule has 6 heteroatoms. The lowest BCUT2D eigenvalue weighted by Crippen LogP contribution is -2.46. The van der Waals surface area contributed by atoms with Crippen molar-refractivity contribution in [2.75, 3.05) is 37.6 Å². The molecule has 3 rings (SSSR count). The van der Waals surface area contributed by atoms with Crippen LogP contribution in [-0.4, -0.2) is 59.1 Å². The number of anilines is 1. The van der Waals surface area contributed by atoms with Gasteiger partial charge in [-0.2, -0.15) is 0 Å². The Bertz CT molecular complexity index is 728. The van der Waals surface area contributed by atoms with E-state index in [9.17, 15) is 5.11 Å². The number of hydrogen-bond donors (Lipinski definition) is 2. The number of piperazine rings is 1. The van der Waals surface area contributed by atoms with E-state index in [1.54, 1.807) is 6.07 Å². The van der Waals surface area contributed by atoms with Crippen LogP contribution >= 0.6 is 0 Å². The van der Waals surface area contributed by atoms with Gasteiger partial charge in [0.05, 0.1) is 6.21 Å². The number of para-hydroxylation sites is 1. The number of aryl methyl sites for hydroxylation is 1. The second-order valence-corrected chi connectivity index (χ2v) is 6.93. The zero-order valence-electron chi connectivity index (χ0n) is 15.7. The van der Waals surface area contributed by atoms with Crippen LogP contribution < -0.4 is 4.90 Å². The number of hydrogen-bond acceptors (Lipinski definition) is 6. The fourth-order valence-electron chi connectivity index (χ4n) is 3.49. The van der Waals surface area contributed by atoms with Gasteiger partial charge in [-0.15, -0.1) is 0 Å². The maximum absolute atomic E-state index is 9.64. The molecule has 1 aliphatic heterocycles. The first-order valence-corrected chi connectivity index (χ1v) is 9.65. The number of nitrogens with zero attached hydrogens (tertiary/aromatic N) is 4. The average molecular weight is 368 g/mol. The van der Waals surface area contributed by atoms with Crippen molar-refractivity contribution < 1.29 is 10.3 Å². The molecular formula is C21H28N4O2. The van der Waals surface area contributed by atoms with Crippen LogP contribution in [0.1, 0.15) is 30.7 Å². The third-order valence-corrected chi connectivity index (χ3v) is 5.04. The fraction of sp³-hybridized carbons (Fsp3) is 0.429. The largest absolute Gasteiger partial charge is 0.506 e. The van der Waals surface area contributed by atoms with Gasteiger partial charge in [-0.05, 0) is 50.1 Å². The smallest absolute Gasteiger partial charge is 0.142 e. The van der Waals surface area contributed by atoms with E-state index in [2.05, 4.69) is 50.3 Å². The molecule has 0 radical (unpaired) electrons. The van der Waals surface area contributed by atoms with Crippen LogP contribution in [0.25, 0.3) is 0 Å². The van der Waals surface area contributed by atoms with E-state index in [0.29, 0.717) is 5.69 Å². The Kier molecular flexibility index (Phi) is 7.04. The average Bonchev–Trinajstić information content (AvgIpc) is 2.71. The zero-order chi connectivity index (χ0) is 18.9. The molecule has 0 bridgehead atoms. The second kappa shape index (κ2) is 9.92. The van der Waals surface area contributed by atoms with E-state index in [-0.39, 0.29) is 5.75 Å². The van der Waals surface area contributed by atoms with Crippen molar-refractivity contribution in [1.82, 2.24) is 9.88 Å². The highest BCUT2D eigenvalue weighted by Gasteiger charge is 2.16. The Labute approximate surface area is 160 Å². The highest BCUT2D eigenvalue weighted by molar-refractivity contribution is 5.80. The van der Waals surface area contributed by atoms with E-state index in [4.69, 9.17) is 5.21 Å². The van der Waals surface area contributed by atoms with Crippen LogP contribution in [0.15, 0.2) is 47.6 Å². The molecule has 144 valence electrons. The summed E-state index contributed by atoms with van der Waals surface area (Å²) < 4.78 is 0. The van der Waals surface area contributed by atoms with Crippen LogP contribution in [0.3, 0.4) is 0 Å². The summed E-state index contributed by atoms with van der Waals surface area (Å²) in [6.07, 6.45) is 5.44. The summed E-state index contributed by atoms with van der Waals surface area (Å²) >= 11 is 0. The lowest BCUT2D eigenvalue weighted by atomic mass is 10.1. The van der Waals surface area contributed by atoms with Crippen molar-refractivity contribution in [2.24, 2.45) is 5.16 Å². The Morgan fingerprint density at radius 2 is 1.74 bits per heavy atom. The minimum atomic E-state index is 0.0335. The quantitative estimate of drug-likeness (QED) is 0.324. The SMILES string of the molecule is ON=Cc1nc(CCCCCN2CCN(c3ccccc3)CC2)ccc1O.